The minimum atomic E-state index is -0.502. The fraction of sp³-hybridized carbons (Fsp3) is 0.781. The normalized spacial score (nSPS) is 44.3. The molecule has 3 aliphatic carbocycles. The second-order valence-electron chi connectivity index (χ2n) is 13.4. The second kappa shape index (κ2) is 12.4. The molecule has 4 N–H and O–H groups in total. The molecule has 38 heavy (non-hydrogen) atoms. The van der Waals surface area contributed by atoms with Crippen molar-refractivity contribution in [3.63, 3.8) is 0 Å². The number of nitrogens with one attached hydrogen (secondary N) is 3. The number of hydrogen-bond acceptors (Lipinski definition) is 6. The van der Waals surface area contributed by atoms with Crippen LogP contribution in [0.15, 0.2) is 30.3 Å². The first kappa shape index (κ1) is 28.1. The van der Waals surface area contributed by atoms with Crippen LogP contribution in [0.5, 0.6) is 0 Å². The van der Waals surface area contributed by atoms with Crippen molar-refractivity contribution in [1.29, 1.82) is 0 Å². The van der Waals surface area contributed by atoms with E-state index >= 15 is 0 Å². The number of carbonyl (C=O) groups excluding carboxylic acids is 1. The first-order chi connectivity index (χ1) is 18.3. The molecule has 1 aliphatic heterocycles. The Morgan fingerprint density at radius 1 is 0.711 bits per heavy atom. The molecule has 0 spiro atoms. The van der Waals surface area contributed by atoms with Crippen molar-refractivity contribution in [3.05, 3.63) is 35.9 Å². The van der Waals surface area contributed by atoms with Crippen molar-refractivity contribution < 1.29 is 14.6 Å². The molecule has 1 heterocycles. The fourth-order valence-corrected chi connectivity index (χ4v) is 7.72. The van der Waals surface area contributed by atoms with Crippen LogP contribution in [0, 0.1) is 41.4 Å². The van der Waals surface area contributed by atoms with E-state index in [0.717, 1.165) is 36.5 Å². The van der Waals surface area contributed by atoms with Crippen LogP contribution in [0.2, 0.25) is 0 Å². The number of esters is 1. The highest BCUT2D eigenvalue weighted by molar-refractivity contribution is 5.89. The summed E-state index contributed by atoms with van der Waals surface area (Å²) in [5.41, 5.74) is 0.573. The minimum Gasteiger partial charge on any atom is -0.459 e. The molecule has 1 aromatic carbocycles. The number of rotatable bonds is 5. The Kier molecular flexibility index (Phi) is 9.14. The molecule has 6 heteroatoms. The summed E-state index contributed by atoms with van der Waals surface area (Å²) in [5.74, 6) is 4.16. The van der Waals surface area contributed by atoms with E-state index in [0.29, 0.717) is 23.8 Å². The SMILES string of the molecule is CC1CCC(C2NC(C3CCC(C)C(C)C3)NC(C3CCC(OC(=O)c4ccccc4)CC3O)N2)CC1C. The molecule has 0 amide bonds. The van der Waals surface area contributed by atoms with Crippen LogP contribution < -0.4 is 16.0 Å². The molecule has 0 bridgehead atoms. The molecule has 1 saturated heterocycles. The maximum absolute atomic E-state index is 12.6. The van der Waals surface area contributed by atoms with Gasteiger partial charge in [-0.1, -0.05) is 58.7 Å². The van der Waals surface area contributed by atoms with E-state index in [1.807, 2.05) is 18.2 Å². The van der Waals surface area contributed by atoms with Gasteiger partial charge in [0.2, 0.25) is 0 Å². The Balaban J connectivity index is 1.25. The quantitative estimate of drug-likeness (QED) is 0.392. The highest BCUT2D eigenvalue weighted by Crippen LogP contribution is 2.39. The Hall–Kier alpha value is -1.47. The predicted octanol–water partition coefficient (Wildman–Crippen LogP) is 5.28. The van der Waals surface area contributed by atoms with E-state index in [-0.39, 0.29) is 36.5 Å². The maximum atomic E-state index is 12.6. The zero-order chi connectivity index (χ0) is 26.8. The topological polar surface area (TPSA) is 82.6 Å². The van der Waals surface area contributed by atoms with Gasteiger partial charge in [0.05, 0.1) is 30.2 Å². The van der Waals surface area contributed by atoms with Gasteiger partial charge in [0, 0.05) is 12.3 Å². The number of aliphatic hydroxyl groups is 1. The van der Waals surface area contributed by atoms with Crippen molar-refractivity contribution in [3.8, 4) is 0 Å². The van der Waals surface area contributed by atoms with Gasteiger partial charge in [-0.05, 0) is 86.2 Å². The zero-order valence-corrected chi connectivity index (χ0v) is 23.9. The first-order valence-corrected chi connectivity index (χ1v) is 15.5. The van der Waals surface area contributed by atoms with E-state index in [4.69, 9.17) is 4.74 Å². The van der Waals surface area contributed by atoms with Crippen LogP contribution in [0.4, 0.5) is 0 Å². The zero-order valence-electron chi connectivity index (χ0n) is 23.9. The maximum Gasteiger partial charge on any atom is 0.338 e. The van der Waals surface area contributed by atoms with Gasteiger partial charge in [-0.25, -0.2) is 4.79 Å². The third-order valence-electron chi connectivity index (χ3n) is 10.8. The van der Waals surface area contributed by atoms with Crippen LogP contribution in [0.3, 0.4) is 0 Å². The molecule has 5 rings (SSSR count). The van der Waals surface area contributed by atoms with E-state index in [1.165, 1.54) is 38.5 Å². The molecule has 6 nitrogen and oxygen atoms in total. The summed E-state index contributed by atoms with van der Waals surface area (Å²) in [4.78, 5) is 12.6. The molecule has 1 aromatic rings. The number of aliphatic hydroxyl groups excluding tert-OH is 1. The van der Waals surface area contributed by atoms with Gasteiger partial charge >= 0.3 is 5.97 Å². The van der Waals surface area contributed by atoms with Gasteiger partial charge in [0.25, 0.3) is 0 Å². The lowest BCUT2D eigenvalue weighted by molar-refractivity contribution is -0.0488. The second-order valence-corrected chi connectivity index (χ2v) is 13.4. The molecule has 3 saturated carbocycles. The lowest BCUT2D eigenvalue weighted by Crippen LogP contribution is -2.73. The molecule has 4 aliphatic rings. The van der Waals surface area contributed by atoms with Crippen LogP contribution >= 0.6 is 0 Å². The Bertz CT molecular complexity index is 878. The van der Waals surface area contributed by atoms with Crippen LogP contribution in [0.1, 0.15) is 95.8 Å². The van der Waals surface area contributed by atoms with Gasteiger partial charge in [-0.3, -0.25) is 16.0 Å². The fourth-order valence-electron chi connectivity index (χ4n) is 7.72. The summed E-state index contributed by atoms with van der Waals surface area (Å²) in [6.45, 7) is 9.64. The van der Waals surface area contributed by atoms with Gasteiger partial charge in [0.1, 0.15) is 6.10 Å². The molecule has 11 atom stereocenters. The average molecular weight is 526 g/mol. The standard InChI is InChI=1S/C32H51N3O3/c1-19-10-12-24(16-21(19)3)29-33-30(25-13-11-20(2)22(4)17-25)35-31(34-29)27-15-14-26(18-28(27)36)38-32(37)23-8-6-5-7-9-23/h5-9,19-22,24-31,33-36H,10-18H2,1-4H3. The third kappa shape index (κ3) is 6.46. The summed E-state index contributed by atoms with van der Waals surface area (Å²) in [7, 11) is 0. The van der Waals surface area contributed by atoms with Crippen LogP contribution in [-0.4, -0.2) is 41.8 Å². The van der Waals surface area contributed by atoms with Gasteiger partial charge in [-0.2, -0.15) is 0 Å². The van der Waals surface area contributed by atoms with Crippen molar-refractivity contribution in [2.45, 2.75) is 116 Å². The minimum absolute atomic E-state index is 0.0661. The molecule has 4 fully saturated rings. The summed E-state index contributed by atoms with van der Waals surface area (Å²) in [6.07, 6.45) is 9.65. The third-order valence-corrected chi connectivity index (χ3v) is 10.8. The summed E-state index contributed by atoms with van der Waals surface area (Å²) in [6, 6.07) is 9.17. The van der Waals surface area contributed by atoms with E-state index in [2.05, 4.69) is 43.6 Å². The lowest BCUT2D eigenvalue weighted by atomic mass is 9.72. The van der Waals surface area contributed by atoms with Crippen LogP contribution in [-0.2, 0) is 4.74 Å². The monoisotopic (exact) mass is 525 g/mol. The largest absolute Gasteiger partial charge is 0.459 e. The highest BCUT2D eigenvalue weighted by atomic mass is 16.5. The molecule has 212 valence electrons. The summed E-state index contributed by atoms with van der Waals surface area (Å²) < 4.78 is 5.81. The van der Waals surface area contributed by atoms with Gasteiger partial charge < -0.3 is 9.84 Å². The average Bonchev–Trinajstić information content (AvgIpc) is 2.92. The molecule has 11 unspecified atom stereocenters. The number of ether oxygens (including phenoxy) is 1. The van der Waals surface area contributed by atoms with Crippen molar-refractivity contribution in [2.75, 3.05) is 0 Å². The molecule has 0 radical (unpaired) electrons. The van der Waals surface area contributed by atoms with Crippen molar-refractivity contribution in [1.82, 2.24) is 16.0 Å². The van der Waals surface area contributed by atoms with Crippen molar-refractivity contribution >= 4 is 5.97 Å². The summed E-state index contributed by atoms with van der Waals surface area (Å²) >= 11 is 0. The summed E-state index contributed by atoms with van der Waals surface area (Å²) in [5, 5.41) is 23.2. The van der Waals surface area contributed by atoms with Gasteiger partial charge in [0.15, 0.2) is 0 Å². The number of hydrogen-bond donors (Lipinski definition) is 4. The van der Waals surface area contributed by atoms with E-state index < -0.39 is 6.10 Å². The molecular formula is C32H51N3O3. The number of benzene rings is 1. The number of carbonyl (C=O) groups is 1. The Morgan fingerprint density at radius 3 is 1.79 bits per heavy atom. The Morgan fingerprint density at radius 2 is 1.26 bits per heavy atom. The smallest absolute Gasteiger partial charge is 0.338 e. The first-order valence-electron chi connectivity index (χ1n) is 15.5. The highest BCUT2D eigenvalue weighted by Gasteiger charge is 2.44. The van der Waals surface area contributed by atoms with E-state index in [1.54, 1.807) is 12.1 Å². The van der Waals surface area contributed by atoms with Crippen LogP contribution in [0.25, 0.3) is 0 Å². The molecular weight excluding hydrogens is 474 g/mol. The van der Waals surface area contributed by atoms with Gasteiger partial charge in [-0.15, -0.1) is 0 Å². The van der Waals surface area contributed by atoms with Crippen molar-refractivity contribution in [2.24, 2.45) is 41.4 Å². The van der Waals surface area contributed by atoms with E-state index in [9.17, 15) is 9.90 Å². The predicted molar refractivity (Wildman–Crippen MR) is 151 cm³/mol. The molecule has 0 aromatic heterocycles. The lowest BCUT2D eigenvalue weighted by Gasteiger charge is -2.51. The Labute approximate surface area is 230 Å².